The highest BCUT2D eigenvalue weighted by atomic mass is 16.7. The third kappa shape index (κ3) is 2.63. The topological polar surface area (TPSA) is 67.9 Å². The van der Waals surface area contributed by atoms with E-state index in [0.717, 1.165) is 0 Å². The molecule has 2 amide bonds. The van der Waals surface area contributed by atoms with E-state index in [0.29, 0.717) is 0 Å². The Balaban J connectivity index is 2.45. The zero-order chi connectivity index (χ0) is 12.5. The molecule has 92 valence electrons. The van der Waals surface area contributed by atoms with Crippen molar-refractivity contribution in [1.82, 2.24) is 10.4 Å². The van der Waals surface area contributed by atoms with Gasteiger partial charge in [-0.25, -0.2) is 9.86 Å². The molecule has 0 bridgehead atoms. The van der Waals surface area contributed by atoms with Crippen LogP contribution in [0.25, 0.3) is 0 Å². The monoisotopic (exact) mass is 230 g/mol. The highest BCUT2D eigenvalue weighted by Gasteiger charge is 2.46. The van der Waals surface area contributed by atoms with Crippen LogP contribution in [0.4, 0.5) is 4.79 Å². The van der Waals surface area contributed by atoms with Crippen LogP contribution in [-0.2, 0) is 14.4 Å². The highest BCUT2D eigenvalue weighted by molar-refractivity contribution is 5.91. The first-order valence-electron chi connectivity index (χ1n) is 5.13. The molecule has 0 aliphatic carbocycles. The van der Waals surface area contributed by atoms with Crippen molar-refractivity contribution >= 4 is 12.0 Å². The molecule has 1 heterocycles. The summed E-state index contributed by atoms with van der Waals surface area (Å²) in [5.74, 6) is -0.263. The summed E-state index contributed by atoms with van der Waals surface area (Å²) in [6, 6.07) is -0.736. The van der Waals surface area contributed by atoms with Crippen molar-refractivity contribution in [2.24, 2.45) is 0 Å². The summed E-state index contributed by atoms with van der Waals surface area (Å²) >= 11 is 0. The third-order valence-electron chi connectivity index (χ3n) is 2.20. The van der Waals surface area contributed by atoms with E-state index in [2.05, 4.69) is 5.32 Å². The number of ether oxygens (including phenoxy) is 1. The SMILES string of the molecule is CON1C(=O)[C@H](NC(=O)OC(C)(C)C)[C@H]1C. The number of nitrogens with one attached hydrogen (secondary N) is 1. The summed E-state index contributed by atoms with van der Waals surface area (Å²) < 4.78 is 5.05. The fourth-order valence-corrected chi connectivity index (χ4v) is 1.47. The fourth-order valence-electron chi connectivity index (χ4n) is 1.47. The molecule has 0 saturated carbocycles. The molecule has 1 fully saturated rings. The van der Waals surface area contributed by atoms with Gasteiger partial charge in [-0.15, -0.1) is 0 Å². The number of β-lactam (4-membered cyclic amide) rings is 1. The van der Waals surface area contributed by atoms with Gasteiger partial charge in [0.2, 0.25) is 0 Å². The minimum absolute atomic E-state index is 0.176. The average molecular weight is 230 g/mol. The van der Waals surface area contributed by atoms with Crippen LogP contribution in [0.15, 0.2) is 0 Å². The first-order chi connectivity index (χ1) is 7.26. The molecule has 0 aromatic carbocycles. The van der Waals surface area contributed by atoms with E-state index in [9.17, 15) is 9.59 Å². The number of carbonyl (C=O) groups is 2. The first kappa shape index (κ1) is 12.8. The zero-order valence-corrected chi connectivity index (χ0v) is 10.2. The maximum atomic E-state index is 11.4. The van der Waals surface area contributed by atoms with Crippen LogP contribution < -0.4 is 5.32 Å². The molecular weight excluding hydrogens is 212 g/mol. The molecule has 6 nitrogen and oxygen atoms in total. The Labute approximate surface area is 94.8 Å². The number of rotatable bonds is 2. The normalized spacial score (nSPS) is 25.1. The zero-order valence-electron chi connectivity index (χ0n) is 10.2. The number of hydrogen-bond acceptors (Lipinski definition) is 4. The van der Waals surface area contributed by atoms with Crippen molar-refractivity contribution in [2.75, 3.05) is 7.11 Å². The Hall–Kier alpha value is -1.30. The Kier molecular flexibility index (Phi) is 3.42. The van der Waals surface area contributed by atoms with Crippen molar-refractivity contribution in [1.29, 1.82) is 0 Å². The lowest BCUT2D eigenvalue weighted by Gasteiger charge is -2.42. The van der Waals surface area contributed by atoms with Crippen LogP contribution in [0.2, 0.25) is 0 Å². The maximum Gasteiger partial charge on any atom is 0.408 e. The smallest absolute Gasteiger partial charge is 0.408 e. The minimum Gasteiger partial charge on any atom is -0.444 e. The number of hydroxylamine groups is 2. The van der Waals surface area contributed by atoms with E-state index in [1.165, 1.54) is 12.2 Å². The second-order valence-electron chi connectivity index (χ2n) is 4.71. The molecule has 16 heavy (non-hydrogen) atoms. The lowest BCUT2D eigenvalue weighted by atomic mass is 10.0. The largest absolute Gasteiger partial charge is 0.444 e. The van der Waals surface area contributed by atoms with Gasteiger partial charge in [-0.05, 0) is 27.7 Å². The molecule has 6 heteroatoms. The van der Waals surface area contributed by atoms with Gasteiger partial charge in [-0.1, -0.05) is 0 Å². The van der Waals surface area contributed by atoms with Gasteiger partial charge in [0.15, 0.2) is 0 Å². The van der Waals surface area contributed by atoms with Crippen molar-refractivity contribution in [3.05, 3.63) is 0 Å². The van der Waals surface area contributed by atoms with Gasteiger partial charge in [0.05, 0.1) is 13.2 Å². The molecule has 1 aliphatic rings. The maximum absolute atomic E-state index is 11.4. The van der Waals surface area contributed by atoms with Crippen LogP contribution in [-0.4, -0.2) is 41.9 Å². The van der Waals surface area contributed by atoms with Crippen molar-refractivity contribution in [3.8, 4) is 0 Å². The van der Waals surface area contributed by atoms with Gasteiger partial charge < -0.3 is 10.1 Å². The lowest BCUT2D eigenvalue weighted by molar-refractivity contribution is -0.220. The Morgan fingerprint density at radius 2 is 2.00 bits per heavy atom. The number of alkyl carbamates (subject to hydrolysis) is 1. The Bertz CT molecular complexity index is 298. The summed E-state index contributed by atoms with van der Waals surface area (Å²) in [5.41, 5.74) is -0.568. The van der Waals surface area contributed by atoms with Gasteiger partial charge in [0.25, 0.3) is 5.91 Å². The molecule has 0 spiro atoms. The van der Waals surface area contributed by atoms with Crippen molar-refractivity contribution in [2.45, 2.75) is 45.4 Å². The summed E-state index contributed by atoms with van der Waals surface area (Å²) in [6.45, 7) is 7.08. The minimum atomic E-state index is -0.589. The van der Waals surface area contributed by atoms with Crippen LogP contribution in [0.1, 0.15) is 27.7 Å². The Morgan fingerprint density at radius 1 is 1.44 bits per heavy atom. The van der Waals surface area contributed by atoms with E-state index in [1.54, 1.807) is 27.7 Å². The van der Waals surface area contributed by atoms with E-state index >= 15 is 0 Å². The lowest BCUT2D eigenvalue weighted by Crippen LogP contribution is -2.69. The predicted octanol–water partition coefficient (Wildman–Crippen LogP) is 0.672. The molecule has 0 unspecified atom stereocenters. The van der Waals surface area contributed by atoms with Gasteiger partial charge in [0, 0.05) is 0 Å². The van der Waals surface area contributed by atoms with Gasteiger partial charge in [-0.3, -0.25) is 9.63 Å². The number of hydrogen-bond donors (Lipinski definition) is 1. The van der Waals surface area contributed by atoms with Crippen LogP contribution in [0.5, 0.6) is 0 Å². The van der Waals surface area contributed by atoms with E-state index in [4.69, 9.17) is 9.57 Å². The number of amides is 2. The van der Waals surface area contributed by atoms with Crippen LogP contribution in [0.3, 0.4) is 0 Å². The van der Waals surface area contributed by atoms with Crippen LogP contribution >= 0.6 is 0 Å². The molecule has 0 aromatic rings. The number of carbonyl (C=O) groups excluding carboxylic acids is 2. The average Bonchev–Trinajstić information content (AvgIpc) is 2.12. The fraction of sp³-hybridized carbons (Fsp3) is 0.800. The predicted molar refractivity (Wildman–Crippen MR) is 56.5 cm³/mol. The molecule has 1 N–H and O–H groups in total. The van der Waals surface area contributed by atoms with E-state index in [-0.39, 0.29) is 11.9 Å². The summed E-state index contributed by atoms with van der Waals surface area (Å²) in [6.07, 6.45) is -0.589. The second-order valence-corrected chi connectivity index (χ2v) is 4.71. The second kappa shape index (κ2) is 4.29. The molecule has 1 rings (SSSR count). The molecule has 1 saturated heterocycles. The third-order valence-corrected chi connectivity index (χ3v) is 2.20. The quantitative estimate of drug-likeness (QED) is 0.708. The highest BCUT2D eigenvalue weighted by Crippen LogP contribution is 2.19. The number of nitrogens with zero attached hydrogens (tertiary/aromatic N) is 1. The summed E-state index contributed by atoms with van der Waals surface area (Å²) in [7, 11) is 1.41. The summed E-state index contributed by atoms with van der Waals surface area (Å²) in [4.78, 5) is 27.7. The Morgan fingerprint density at radius 3 is 2.38 bits per heavy atom. The van der Waals surface area contributed by atoms with Gasteiger partial charge in [0.1, 0.15) is 11.6 Å². The van der Waals surface area contributed by atoms with Gasteiger partial charge in [-0.2, -0.15) is 0 Å². The molecule has 0 aromatic heterocycles. The van der Waals surface area contributed by atoms with E-state index in [1.807, 2.05) is 0 Å². The molecular formula is C10H18N2O4. The molecule has 2 atom stereocenters. The van der Waals surface area contributed by atoms with Crippen molar-refractivity contribution in [3.63, 3.8) is 0 Å². The summed E-state index contributed by atoms with van der Waals surface area (Å²) in [5, 5.41) is 3.71. The first-order valence-corrected chi connectivity index (χ1v) is 5.13. The van der Waals surface area contributed by atoms with E-state index < -0.39 is 17.7 Å². The van der Waals surface area contributed by atoms with Gasteiger partial charge >= 0.3 is 6.09 Å². The van der Waals surface area contributed by atoms with Crippen LogP contribution in [0, 0.1) is 0 Å². The standard InChI is InChI=1S/C10H18N2O4/c1-6-7(8(13)12(6)15-5)11-9(14)16-10(2,3)4/h6-7H,1-5H3,(H,11,14)/t6-,7-/m1/s1. The van der Waals surface area contributed by atoms with Crippen molar-refractivity contribution < 1.29 is 19.2 Å². The molecule has 1 aliphatic heterocycles. The molecule has 0 radical (unpaired) electrons.